The zero-order valence-corrected chi connectivity index (χ0v) is 15.1. The van der Waals surface area contributed by atoms with Gasteiger partial charge in [-0.05, 0) is 38.5 Å². The molecule has 1 aliphatic rings. The first kappa shape index (κ1) is 18.1. The third kappa shape index (κ3) is 3.45. The van der Waals surface area contributed by atoms with Gasteiger partial charge in [0.15, 0.2) is 0 Å². The van der Waals surface area contributed by atoms with Crippen LogP contribution in [0, 0.1) is 0 Å². The lowest BCUT2D eigenvalue weighted by Crippen LogP contribution is -2.47. The minimum Gasteiger partial charge on any atom is -0.341 e. The van der Waals surface area contributed by atoms with Gasteiger partial charge in [-0.1, -0.05) is 6.07 Å². The molecule has 26 heavy (non-hydrogen) atoms. The Labute approximate surface area is 152 Å². The number of hydrogen-bond acceptors (Lipinski definition) is 5. The SMILES string of the molecule is CCN(CC)C(=O)[C@@H]1C[C@H](N)CN1C(=O)c1cccc(-n2cnnc2)c1. The van der Waals surface area contributed by atoms with E-state index in [0.717, 1.165) is 5.69 Å². The topological polar surface area (TPSA) is 97.3 Å². The van der Waals surface area contributed by atoms with Crippen molar-refractivity contribution in [3.63, 3.8) is 0 Å². The Kier molecular flexibility index (Phi) is 5.32. The maximum atomic E-state index is 13.1. The highest BCUT2D eigenvalue weighted by atomic mass is 16.2. The number of hydrogen-bond donors (Lipinski definition) is 1. The molecule has 0 aliphatic carbocycles. The van der Waals surface area contributed by atoms with Crippen LogP contribution in [0.4, 0.5) is 0 Å². The Bertz CT molecular complexity index is 772. The van der Waals surface area contributed by atoms with Crippen molar-refractivity contribution in [3.8, 4) is 5.69 Å². The molecule has 0 bridgehead atoms. The summed E-state index contributed by atoms with van der Waals surface area (Å²) in [6.07, 6.45) is 3.64. The number of aromatic nitrogens is 3. The summed E-state index contributed by atoms with van der Waals surface area (Å²) in [5, 5.41) is 7.57. The minimum atomic E-state index is -0.504. The van der Waals surface area contributed by atoms with Crippen LogP contribution in [-0.2, 0) is 4.79 Å². The van der Waals surface area contributed by atoms with Crippen LogP contribution in [0.2, 0.25) is 0 Å². The van der Waals surface area contributed by atoms with E-state index in [4.69, 9.17) is 5.73 Å². The number of likely N-dealkylation sites (tertiary alicyclic amines) is 1. The molecule has 1 aliphatic heterocycles. The third-order valence-electron chi connectivity index (χ3n) is 4.76. The summed E-state index contributed by atoms with van der Waals surface area (Å²) in [6.45, 7) is 5.49. The maximum Gasteiger partial charge on any atom is 0.254 e. The lowest BCUT2D eigenvalue weighted by atomic mass is 10.1. The van der Waals surface area contributed by atoms with Crippen molar-refractivity contribution in [2.45, 2.75) is 32.4 Å². The van der Waals surface area contributed by atoms with E-state index in [1.54, 1.807) is 45.2 Å². The van der Waals surface area contributed by atoms with Gasteiger partial charge in [-0.3, -0.25) is 14.2 Å². The fourth-order valence-electron chi connectivity index (χ4n) is 3.37. The molecule has 1 aromatic heterocycles. The molecular weight excluding hydrogens is 332 g/mol. The van der Waals surface area contributed by atoms with E-state index >= 15 is 0 Å². The molecule has 138 valence electrons. The summed E-state index contributed by atoms with van der Waals surface area (Å²) in [5.41, 5.74) is 7.38. The second-order valence-corrected chi connectivity index (χ2v) is 6.40. The van der Waals surface area contributed by atoms with Gasteiger partial charge >= 0.3 is 0 Å². The number of likely N-dealkylation sites (N-methyl/N-ethyl adjacent to an activating group) is 1. The third-order valence-corrected chi connectivity index (χ3v) is 4.76. The van der Waals surface area contributed by atoms with Crippen LogP contribution in [0.15, 0.2) is 36.9 Å². The second kappa shape index (κ2) is 7.65. The minimum absolute atomic E-state index is 0.0359. The summed E-state index contributed by atoms with van der Waals surface area (Å²) in [4.78, 5) is 29.3. The van der Waals surface area contributed by atoms with Gasteiger partial charge in [-0.2, -0.15) is 0 Å². The maximum absolute atomic E-state index is 13.1. The van der Waals surface area contributed by atoms with Crippen LogP contribution in [0.5, 0.6) is 0 Å². The first-order valence-corrected chi connectivity index (χ1v) is 8.85. The first-order valence-electron chi connectivity index (χ1n) is 8.85. The second-order valence-electron chi connectivity index (χ2n) is 6.40. The number of benzene rings is 1. The lowest BCUT2D eigenvalue weighted by Gasteiger charge is -2.29. The van der Waals surface area contributed by atoms with Gasteiger partial charge in [0.2, 0.25) is 5.91 Å². The summed E-state index contributed by atoms with van der Waals surface area (Å²) in [6, 6.07) is 6.50. The van der Waals surface area contributed by atoms with E-state index < -0.39 is 6.04 Å². The van der Waals surface area contributed by atoms with E-state index in [9.17, 15) is 9.59 Å². The molecule has 1 aromatic carbocycles. The van der Waals surface area contributed by atoms with Crippen molar-refractivity contribution in [1.29, 1.82) is 0 Å². The number of rotatable bonds is 5. The fourth-order valence-corrected chi connectivity index (χ4v) is 3.37. The van der Waals surface area contributed by atoms with Crippen molar-refractivity contribution in [3.05, 3.63) is 42.5 Å². The van der Waals surface area contributed by atoms with Gasteiger partial charge < -0.3 is 15.5 Å². The Balaban J connectivity index is 1.86. The molecule has 8 heteroatoms. The predicted octanol–water partition coefficient (Wildman–Crippen LogP) is 0.678. The van der Waals surface area contributed by atoms with Gasteiger partial charge in [0.1, 0.15) is 18.7 Å². The molecule has 0 saturated carbocycles. The van der Waals surface area contributed by atoms with Crippen molar-refractivity contribution in [2.24, 2.45) is 5.73 Å². The van der Waals surface area contributed by atoms with E-state index in [1.165, 1.54) is 0 Å². The van der Waals surface area contributed by atoms with Crippen LogP contribution < -0.4 is 5.73 Å². The van der Waals surface area contributed by atoms with E-state index in [0.29, 0.717) is 31.6 Å². The largest absolute Gasteiger partial charge is 0.341 e. The molecule has 3 rings (SSSR count). The average molecular weight is 356 g/mol. The van der Waals surface area contributed by atoms with Crippen LogP contribution in [0.25, 0.3) is 5.69 Å². The molecule has 1 saturated heterocycles. The van der Waals surface area contributed by atoms with Crippen LogP contribution in [0.3, 0.4) is 0 Å². The summed E-state index contributed by atoms with van der Waals surface area (Å²) >= 11 is 0. The molecule has 2 N–H and O–H groups in total. The van der Waals surface area contributed by atoms with Crippen molar-refractivity contribution < 1.29 is 9.59 Å². The van der Waals surface area contributed by atoms with Crippen LogP contribution in [-0.4, -0.2) is 68.1 Å². The van der Waals surface area contributed by atoms with E-state index in [1.807, 2.05) is 19.9 Å². The van der Waals surface area contributed by atoms with Crippen LogP contribution >= 0.6 is 0 Å². The van der Waals surface area contributed by atoms with Crippen LogP contribution in [0.1, 0.15) is 30.6 Å². The highest BCUT2D eigenvalue weighted by Gasteiger charge is 2.39. The average Bonchev–Trinajstić information content (AvgIpc) is 3.32. The van der Waals surface area contributed by atoms with E-state index in [2.05, 4.69) is 10.2 Å². The molecular formula is C18H24N6O2. The van der Waals surface area contributed by atoms with Gasteiger partial charge in [-0.15, -0.1) is 10.2 Å². The molecule has 8 nitrogen and oxygen atoms in total. The van der Waals surface area contributed by atoms with Crippen molar-refractivity contribution >= 4 is 11.8 Å². The Morgan fingerprint density at radius 3 is 2.58 bits per heavy atom. The smallest absolute Gasteiger partial charge is 0.254 e. The molecule has 0 unspecified atom stereocenters. The highest BCUT2D eigenvalue weighted by Crippen LogP contribution is 2.22. The normalized spacial score (nSPS) is 19.6. The summed E-state index contributed by atoms with van der Waals surface area (Å²) < 4.78 is 1.73. The molecule has 2 heterocycles. The zero-order chi connectivity index (χ0) is 18.7. The molecule has 0 radical (unpaired) electrons. The lowest BCUT2D eigenvalue weighted by molar-refractivity contribution is -0.134. The quantitative estimate of drug-likeness (QED) is 0.849. The highest BCUT2D eigenvalue weighted by molar-refractivity contribution is 5.98. The Morgan fingerprint density at radius 1 is 1.23 bits per heavy atom. The molecule has 1 fully saturated rings. The molecule has 2 aromatic rings. The van der Waals surface area contributed by atoms with Gasteiger partial charge in [0, 0.05) is 36.9 Å². The van der Waals surface area contributed by atoms with Gasteiger partial charge in [0.25, 0.3) is 5.91 Å². The predicted molar refractivity (Wildman–Crippen MR) is 96.7 cm³/mol. The van der Waals surface area contributed by atoms with E-state index in [-0.39, 0.29) is 17.9 Å². The summed E-state index contributed by atoms with van der Waals surface area (Å²) in [7, 11) is 0. The Morgan fingerprint density at radius 2 is 1.92 bits per heavy atom. The summed E-state index contributed by atoms with van der Waals surface area (Å²) in [5.74, 6) is -0.218. The first-order chi connectivity index (χ1) is 12.5. The number of carbonyl (C=O) groups is 2. The van der Waals surface area contributed by atoms with Gasteiger partial charge in [0.05, 0.1) is 0 Å². The monoisotopic (exact) mass is 356 g/mol. The number of carbonyl (C=O) groups excluding carboxylic acids is 2. The number of nitrogens with zero attached hydrogens (tertiary/aromatic N) is 5. The molecule has 2 atom stereocenters. The molecule has 2 amide bonds. The Hall–Kier alpha value is -2.74. The zero-order valence-electron chi connectivity index (χ0n) is 15.1. The molecule has 0 spiro atoms. The van der Waals surface area contributed by atoms with Gasteiger partial charge in [-0.25, -0.2) is 0 Å². The van der Waals surface area contributed by atoms with Crippen molar-refractivity contribution in [2.75, 3.05) is 19.6 Å². The number of nitrogens with two attached hydrogens (primary N) is 1. The van der Waals surface area contributed by atoms with Crippen molar-refractivity contribution in [1.82, 2.24) is 24.6 Å². The standard InChI is InChI=1S/C18H24N6O2/c1-3-22(4-2)18(26)16-9-14(19)10-24(16)17(25)13-6-5-7-15(8-13)23-11-20-21-12-23/h5-8,11-12,14,16H,3-4,9-10,19H2,1-2H3/t14-,16-/m0/s1. The number of amides is 2. The fraction of sp³-hybridized carbons (Fsp3) is 0.444.